The summed E-state index contributed by atoms with van der Waals surface area (Å²) in [5.41, 5.74) is 12.6. The summed E-state index contributed by atoms with van der Waals surface area (Å²) in [7, 11) is 0. The molecule has 0 amide bonds. The minimum absolute atomic E-state index is 0. The van der Waals surface area contributed by atoms with Gasteiger partial charge in [-0.2, -0.15) is 0 Å². The molecule has 0 saturated heterocycles. The number of aryl methyl sites for hydroxylation is 1. The van der Waals surface area contributed by atoms with Crippen molar-refractivity contribution in [2.75, 3.05) is 0 Å². The summed E-state index contributed by atoms with van der Waals surface area (Å²) in [6.45, 7) is 8.72. The third-order valence-corrected chi connectivity index (χ3v) is 9.35. The number of aliphatic hydroxyl groups is 4. The van der Waals surface area contributed by atoms with E-state index < -0.39 is 0 Å². The molecule has 4 atom stereocenters. The van der Waals surface area contributed by atoms with Crippen LogP contribution in [-0.4, -0.2) is 64.8 Å². The van der Waals surface area contributed by atoms with E-state index >= 15 is 0 Å². The number of aromatic nitrogens is 4. The fourth-order valence-corrected chi connectivity index (χ4v) is 6.45. The first-order valence-electron chi connectivity index (χ1n) is 21.1. The minimum Gasteiger partial charge on any atom is -0.393 e. The molecule has 10 heteroatoms. The van der Waals surface area contributed by atoms with E-state index in [4.69, 9.17) is 40.4 Å². The molecule has 6 aromatic carbocycles. The van der Waals surface area contributed by atoms with Crippen LogP contribution >= 0.6 is 0 Å². The molecule has 4 N–H and O–H groups in total. The zero-order chi connectivity index (χ0) is 45.0. The quantitative estimate of drug-likeness (QED) is 0.0996. The molecular formula is C55H56Ir2N4O4-2. The van der Waals surface area contributed by atoms with E-state index in [9.17, 15) is 0 Å². The average Bonchev–Trinajstić information content (AvgIpc) is 3.30. The summed E-state index contributed by atoms with van der Waals surface area (Å²) < 4.78 is 0. The summed E-state index contributed by atoms with van der Waals surface area (Å²) in [6, 6.07) is 61.1. The Morgan fingerprint density at radius 1 is 0.400 bits per heavy atom. The van der Waals surface area contributed by atoms with Gasteiger partial charge in [-0.25, -0.2) is 0 Å². The van der Waals surface area contributed by atoms with E-state index in [-0.39, 0.29) is 64.6 Å². The van der Waals surface area contributed by atoms with E-state index in [1.54, 1.807) is 27.7 Å². The van der Waals surface area contributed by atoms with Crippen LogP contribution in [0.25, 0.3) is 67.5 Å². The van der Waals surface area contributed by atoms with Crippen molar-refractivity contribution in [1.29, 1.82) is 0 Å². The molecule has 340 valence electrons. The number of hydrogen-bond acceptors (Lipinski definition) is 8. The van der Waals surface area contributed by atoms with E-state index in [1.165, 1.54) is 5.56 Å². The molecule has 0 aliphatic heterocycles. The topological polar surface area (TPSA) is 132 Å². The maximum absolute atomic E-state index is 8.56. The molecule has 0 spiro atoms. The molecule has 2 radical (unpaired) electrons. The van der Waals surface area contributed by atoms with Crippen LogP contribution in [-0.2, 0) is 40.2 Å². The Hall–Kier alpha value is -5.38. The molecule has 8 nitrogen and oxygen atoms in total. The van der Waals surface area contributed by atoms with Crippen LogP contribution in [0.15, 0.2) is 176 Å². The van der Waals surface area contributed by atoms with Crippen molar-refractivity contribution in [2.45, 2.75) is 71.9 Å². The first-order valence-corrected chi connectivity index (χ1v) is 21.1. The van der Waals surface area contributed by atoms with Crippen LogP contribution in [0.1, 0.15) is 46.1 Å². The van der Waals surface area contributed by atoms with Crippen molar-refractivity contribution in [2.24, 2.45) is 0 Å². The van der Waals surface area contributed by atoms with Gasteiger partial charge < -0.3 is 30.4 Å². The van der Waals surface area contributed by atoms with Gasteiger partial charge in [0.2, 0.25) is 0 Å². The number of hydrogen-bond donors (Lipinski definition) is 4. The van der Waals surface area contributed by atoms with Crippen LogP contribution < -0.4 is 0 Å². The molecule has 0 aliphatic carbocycles. The molecule has 4 unspecified atom stereocenters. The Kier molecular flexibility index (Phi) is 23.7. The fourth-order valence-electron chi connectivity index (χ4n) is 6.45. The van der Waals surface area contributed by atoms with Crippen LogP contribution in [0, 0.1) is 19.1 Å². The van der Waals surface area contributed by atoms with Gasteiger partial charge in [-0.15, -0.1) is 71.8 Å². The largest absolute Gasteiger partial charge is 0.393 e. The van der Waals surface area contributed by atoms with E-state index in [0.717, 1.165) is 67.5 Å². The molecule has 0 aliphatic rings. The standard InChI is InChI=1S/C23H17N2.C22H15N2.2C5H12O2.2Ir/c1-17-12-14-18(15-13-17)21-16-24-22(19-8-4-2-5-9-19)23(25-21)20-10-6-3-7-11-20;1-4-10-17(11-5-1)20-16-23-21(18-12-6-2-7-13-18)22(24-20)19-14-8-3-9-15-19;2*1-4(6)3-5(2)7;;/h2-8,10-16H,1H3;1-12,14-16H;2*4-7H,3H2,1-2H3;;/q2*-1;;;;. The zero-order valence-corrected chi connectivity index (χ0v) is 42.0. The second-order valence-corrected chi connectivity index (χ2v) is 15.3. The van der Waals surface area contributed by atoms with Crippen LogP contribution in [0.4, 0.5) is 0 Å². The van der Waals surface area contributed by atoms with Crippen molar-refractivity contribution in [3.05, 3.63) is 194 Å². The molecule has 0 bridgehead atoms. The predicted octanol–water partition coefficient (Wildman–Crippen LogP) is 11.1. The Labute approximate surface area is 411 Å². The maximum Gasteiger partial charge on any atom is 0.0873 e. The van der Waals surface area contributed by atoms with Crippen molar-refractivity contribution >= 4 is 0 Å². The van der Waals surface area contributed by atoms with Crippen LogP contribution in [0.2, 0.25) is 0 Å². The molecule has 8 rings (SSSR count). The third kappa shape index (κ3) is 17.8. The average molecular weight is 1220 g/mol. The van der Waals surface area contributed by atoms with Gasteiger partial charge in [0.15, 0.2) is 0 Å². The fraction of sp³-hybridized carbons (Fsp3) is 0.200. The first kappa shape index (κ1) is 54.0. The summed E-state index contributed by atoms with van der Waals surface area (Å²) in [6.07, 6.45) is 3.12. The third-order valence-electron chi connectivity index (χ3n) is 9.35. The van der Waals surface area contributed by atoms with Crippen molar-refractivity contribution in [3.63, 3.8) is 0 Å². The second-order valence-electron chi connectivity index (χ2n) is 15.3. The number of aliphatic hydroxyl groups excluding tert-OH is 4. The smallest absolute Gasteiger partial charge is 0.0873 e. The Morgan fingerprint density at radius 3 is 1.03 bits per heavy atom. The van der Waals surface area contributed by atoms with Gasteiger partial charge in [-0.05, 0) is 58.6 Å². The van der Waals surface area contributed by atoms with Crippen molar-refractivity contribution < 1.29 is 60.6 Å². The SMILES string of the molecule is CC(O)CC(C)O.CC(O)CC(C)O.Cc1ccc(-c2cnc(-c3[c-]cccc3)c(-c3ccccc3)n2)cc1.[Ir].[Ir].[c-]1ccccc1-c1ncc(-c2ccccc2)nc1-c1ccccc1. The Morgan fingerprint density at radius 2 is 0.723 bits per heavy atom. The predicted molar refractivity (Wildman–Crippen MR) is 255 cm³/mol. The van der Waals surface area contributed by atoms with Crippen molar-refractivity contribution in [3.8, 4) is 67.5 Å². The monoisotopic (exact) mass is 1220 g/mol. The van der Waals surface area contributed by atoms with Crippen molar-refractivity contribution in [1.82, 2.24) is 19.9 Å². The minimum atomic E-state index is -0.375. The van der Waals surface area contributed by atoms with Gasteiger partial charge in [0, 0.05) is 75.1 Å². The molecule has 8 aromatic rings. The molecule has 0 fully saturated rings. The van der Waals surface area contributed by atoms with Gasteiger partial charge >= 0.3 is 0 Å². The molecule has 0 saturated carbocycles. The summed E-state index contributed by atoms with van der Waals surface area (Å²) in [5.74, 6) is 0. The maximum atomic E-state index is 8.56. The zero-order valence-electron chi connectivity index (χ0n) is 37.2. The first-order chi connectivity index (χ1) is 30.5. The van der Waals surface area contributed by atoms with Crippen LogP contribution in [0.5, 0.6) is 0 Å². The summed E-state index contributed by atoms with van der Waals surface area (Å²) in [5, 5.41) is 34.3. The number of rotatable bonds is 10. The van der Waals surface area contributed by atoms with Gasteiger partial charge in [-0.1, -0.05) is 121 Å². The molecule has 65 heavy (non-hydrogen) atoms. The Balaban J connectivity index is 0.000000262. The van der Waals surface area contributed by atoms with E-state index in [0.29, 0.717) is 12.8 Å². The molecule has 2 heterocycles. The van der Waals surface area contributed by atoms with Gasteiger partial charge in [-0.3, -0.25) is 9.97 Å². The van der Waals surface area contributed by atoms with Gasteiger partial charge in [0.05, 0.1) is 47.2 Å². The van der Waals surface area contributed by atoms with Crippen LogP contribution in [0.3, 0.4) is 0 Å². The van der Waals surface area contributed by atoms with Gasteiger partial charge in [0.25, 0.3) is 0 Å². The van der Waals surface area contributed by atoms with E-state index in [1.807, 2.05) is 128 Å². The molecule has 2 aromatic heterocycles. The Bertz CT molecular complexity index is 2490. The number of benzene rings is 6. The molecular weight excluding hydrogens is 1170 g/mol. The second kappa shape index (κ2) is 28.5. The van der Waals surface area contributed by atoms with Gasteiger partial charge in [0.1, 0.15) is 0 Å². The number of nitrogens with zero attached hydrogens (tertiary/aromatic N) is 4. The summed E-state index contributed by atoms with van der Waals surface area (Å²) >= 11 is 0. The van der Waals surface area contributed by atoms with E-state index in [2.05, 4.69) is 67.6 Å². The normalized spacial score (nSPS) is 12.0. The summed E-state index contributed by atoms with van der Waals surface area (Å²) in [4.78, 5) is 19.3.